The van der Waals surface area contributed by atoms with E-state index >= 15 is 0 Å². The molecule has 19 atom stereocenters. The molecule has 4 fully saturated rings. The van der Waals surface area contributed by atoms with E-state index in [2.05, 4.69) is 12.2 Å². The minimum absolute atomic E-state index is 0.0836. The monoisotopic (exact) mass is 852 g/mol. The second kappa shape index (κ2) is 25.1. The van der Waals surface area contributed by atoms with Crippen molar-refractivity contribution in [1.29, 1.82) is 0 Å². The second-order valence-corrected chi connectivity index (χ2v) is 16.9. The highest BCUT2D eigenvalue weighted by molar-refractivity contribution is 5.75. The fourth-order valence-corrected chi connectivity index (χ4v) is 8.37. The van der Waals surface area contributed by atoms with Crippen molar-refractivity contribution < 1.29 is 63.9 Å². The van der Waals surface area contributed by atoms with Gasteiger partial charge < -0.3 is 98.8 Å². The van der Waals surface area contributed by atoms with Crippen LogP contribution < -0.4 is 39.7 Å². The highest BCUT2D eigenvalue weighted by Gasteiger charge is 2.54. The Labute approximate surface area is 348 Å². The first kappa shape index (κ1) is 50.4. The van der Waals surface area contributed by atoms with Crippen LogP contribution >= 0.6 is 0 Å². The summed E-state index contributed by atoms with van der Waals surface area (Å²) in [6.07, 6.45) is -4.21. The molecule has 0 bridgehead atoms. The summed E-state index contributed by atoms with van der Waals surface area (Å²) >= 11 is 0. The third kappa shape index (κ3) is 13.9. The Kier molecular flexibility index (Phi) is 21.5. The number of rotatable bonds is 24. The maximum atomic E-state index is 13.0. The van der Waals surface area contributed by atoms with Gasteiger partial charge in [-0.25, -0.2) is 0 Å². The van der Waals surface area contributed by atoms with Crippen molar-refractivity contribution in [3.63, 3.8) is 0 Å². The van der Waals surface area contributed by atoms with E-state index in [9.17, 15) is 35.4 Å². The van der Waals surface area contributed by atoms with Gasteiger partial charge in [0.05, 0.1) is 18.2 Å². The molecule has 1 amide bonds. The standard InChI is InChI=1S/C39H77N7O13/c1-2-3-4-5-6-7-8-9-10-11-12-13-14-15-25(47)46-19-24-35(58-38-27(45)32(52)30(50)23(18-41)55-38)33(53)39(56-24)59-36-28(48)20(42)16-21(43)34(36)57-37-26(44)31(51)29(49)22(17-40)54-37/h20-24,26-39,48-53H,2-19,40-45H2,1H3,(H,46,47)/t20-,21+,22-,23-,24-,26-,27+,28+,29-,30+,31-,32+,33-,34-,35-,36-,37-,38+,39+/m1/s1. The zero-order valence-electron chi connectivity index (χ0n) is 34.7. The van der Waals surface area contributed by atoms with E-state index < -0.39 is 116 Å². The van der Waals surface area contributed by atoms with Crippen LogP contribution in [-0.4, -0.2) is 172 Å². The summed E-state index contributed by atoms with van der Waals surface area (Å²) in [5.41, 5.74) is 36.5. The Morgan fingerprint density at radius 2 is 0.983 bits per heavy atom. The van der Waals surface area contributed by atoms with Crippen LogP contribution in [0, 0.1) is 0 Å². The third-order valence-electron chi connectivity index (χ3n) is 12.2. The second-order valence-electron chi connectivity index (χ2n) is 16.9. The van der Waals surface area contributed by atoms with Crippen molar-refractivity contribution >= 4 is 5.91 Å². The van der Waals surface area contributed by atoms with Gasteiger partial charge in [0.2, 0.25) is 5.91 Å². The fraction of sp³-hybridized carbons (Fsp3) is 0.974. The van der Waals surface area contributed by atoms with Crippen molar-refractivity contribution in [2.45, 2.75) is 220 Å². The number of aliphatic hydroxyl groups is 6. The summed E-state index contributed by atoms with van der Waals surface area (Å²) in [7, 11) is 0. The normalized spacial score (nSPS) is 41.6. The molecule has 0 spiro atoms. The van der Waals surface area contributed by atoms with Crippen molar-refractivity contribution in [3.8, 4) is 0 Å². The fourth-order valence-electron chi connectivity index (χ4n) is 8.37. The van der Waals surface area contributed by atoms with Crippen LogP contribution in [0.3, 0.4) is 0 Å². The lowest BCUT2D eigenvalue weighted by molar-refractivity contribution is -0.306. The van der Waals surface area contributed by atoms with Gasteiger partial charge in [0.25, 0.3) is 0 Å². The van der Waals surface area contributed by atoms with Crippen molar-refractivity contribution in [2.24, 2.45) is 34.4 Å². The molecule has 1 aliphatic carbocycles. The highest BCUT2D eigenvalue weighted by atomic mass is 16.8. The number of nitrogens with one attached hydrogen (secondary N) is 1. The number of nitrogens with two attached hydrogens (primary N) is 6. The van der Waals surface area contributed by atoms with E-state index in [0.29, 0.717) is 6.42 Å². The maximum Gasteiger partial charge on any atom is 0.220 e. The number of hydrogen-bond acceptors (Lipinski definition) is 19. The third-order valence-corrected chi connectivity index (χ3v) is 12.2. The molecule has 0 unspecified atom stereocenters. The summed E-state index contributed by atoms with van der Waals surface area (Å²) < 4.78 is 36.2. The molecule has 0 radical (unpaired) electrons. The summed E-state index contributed by atoms with van der Waals surface area (Å²) in [5.74, 6) is -0.235. The number of carbonyl (C=O) groups is 1. The van der Waals surface area contributed by atoms with Gasteiger partial charge in [0.15, 0.2) is 18.9 Å². The van der Waals surface area contributed by atoms with Crippen LogP contribution in [0.1, 0.15) is 103 Å². The molecule has 19 N–H and O–H groups in total. The molecule has 346 valence electrons. The highest BCUT2D eigenvalue weighted by Crippen LogP contribution is 2.34. The van der Waals surface area contributed by atoms with Crippen LogP contribution in [0.4, 0.5) is 0 Å². The molecule has 3 heterocycles. The quantitative estimate of drug-likeness (QED) is 0.0423. The zero-order valence-corrected chi connectivity index (χ0v) is 34.7. The Hall–Kier alpha value is -1.25. The Morgan fingerprint density at radius 3 is 1.47 bits per heavy atom. The number of unbranched alkanes of at least 4 members (excludes halogenated alkanes) is 12. The first-order valence-electron chi connectivity index (χ1n) is 21.9. The molecule has 1 saturated carbocycles. The first-order chi connectivity index (χ1) is 28.2. The van der Waals surface area contributed by atoms with E-state index in [-0.39, 0.29) is 38.4 Å². The maximum absolute atomic E-state index is 13.0. The van der Waals surface area contributed by atoms with Crippen LogP contribution in [0.15, 0.2) is 0 Å². The molecular formula is C39H77N7O13. The molecule has 4 aliphatic rings. The van der Waals surface area contributed by atoms with E-state index in [1.54, 1.807) is 0 Å². The van der Waals surface area contributed by atoms with Crippen molar-refractivity contribution in [2.75, 3.05) is 19.6 Å². The smallest absolute Gasteiger partial charge is 0.220 e. The minimum Gasteiger partial charge on any atom is -0.389 e. The van der Waals surface area contributed by atoms with E-state index in [1.807, 2.05) is 0 Å². The number of ether oxygens (including phenoxy) is 6. The van der Waals surface area contributed by atoms with Gasteiger partial charge >= 0.3 is 0 Å². The number of aliphatic hydroxyl groups excluding tert-OH is 6. The van der Waals surface area contributed by atoms with Gasteiger partial charge in [-0.3, -0.25) is 4.79 Å². The van der Waals surface area contributed by atoms with Crippen molar-refractivity contribution in [3.05, 3.63) is 0 Å². The molecule has 59 heavy (non-hydrogen) atoms. The zero-order chi connectivity index (χ0) is 43.2. The largest absolute Gasteiger partial charge is 0.389 e. The van der Waals surface area contributed by atoms with E-state index in [1.165, 1.54) is 57.8 Å². The average molecular weight is 852 g/mol. The molecule has 0 aromatic heterocycles. The topological polar surface area (TPSA) is 362 Å². The van der Waals surface area contributed by atoms with Crippen LogP contribution in [0.2, 0.25) is 0 Å². The number of hydrogen-bond donors (Lipinski definition) is 13. The van der Waals surface area contributed by atoms with Crippen molar-refractivity contribution in [1.82, 2.24) is 5.32 Å². The Morgan fingerprint density at radius 1 is 0.542 bits per heavy atom. The van der Waals surface area contributed by atoms with Gasteiger partial charge in [-0.05, 0) is 12.8 Å². The predicted molar refractivity (Wildman–Crippen MR) is 215 cm³/mol. The van der Waals surface area contributed by atoms with Crippen LogP contribution in [-0.2, 0) is 33.2 Å². The molecule has 20 nitrogen and oxygen atoms in total. The van der Waals surface area contributed by atoms with Crippen LogP contribution in [0.25, 0.3) is 0 Å². The average Bonchev–Trinajstić information content (AvgIpc) is 3.51. The lowest BCUT2D eigenvalue weighted by Crippen LogP contribution is -2.68. The summed E-state index contributed by atoms with van der Waals surface area (Å²) in [6.45, 7) is 1.76. The molecule has 4 rings (SSSR count). The van der Waals surface area contributed by atoms with Crippen LogP contribution in [0.5, 0.6) is 0 Å². The molecule has 3 aliphatic heterocycles. The Bertz CT molecular complexity index is 1200. The molecule has 0 aromatic rings. The summed E-state index contributed by atoms with van der Waals surface area (Å²) in [4.78, 5) is 13.0. The first-order valence-corrected chi connectivity index (χ1v) is 21.9. The lowest BCUT2D eigenvalue weighted by atomic mass is 9.84. The summed E-state index contributed by atoms with van der Waals surface area (Å²) in [6, 6.07) is -4.25. The number of amides is 1. The van der Waals surface area contributed by atoms with Gasteiger partial charge in [0, 0.05) is 38.1 Å². The van der Waals surface area contributed by atoms with Gasteiger partial charge in [-0.1, -0.05) is 84.0 Å². The van der Waals surface area contributed by atoms with Gasteiger partial charge in [0.1, 0.15) is 67.1 Å². The molecule has 0 aromatic carbocycles. The lowest BCUT2D eigenvalue weighted by Gasteiger charge is -2.47. The van der Waals surface area contributed by atoms with E-state index in [0.717, 1.165) is 19.3 Å². The number of carbonyl (C=O) groups excluding carboxylic acids is 1. The summed E-state index contributed by atoms with van der Waals surface area (Å²) in [5, 5.41) is 67.8. The molecular weight excluding hydrogens is 774 g/mol. The Balaban J connectivity index is 1.37. The van der Waals surface area contributed by atoms with E-state index in [4.69, 9.17) is 62.8 Å². The minimum atomic E-state index is -1.61. The predicted octanol–water partition coefficient (Wildman–Crippen LogP) is -3.29. The SMILES string of the molecule is CCCCCCCCCCCCCCCC(=O)NC[C@H]1O[C@@H](O[C@@H]2[C@@H](O)[C@H](N)C[C@H](N)[C@H]2O[C@H]2O[C@H](CN)[C@@H](O)[C@H](O)[C@H]2N)[C@H](O)[C@@H]1O[C@@H]1O[C@H](CN)[C@H](O)[C@@H](O)[C@@H]1N. The van der Waals surface area contributed by atoms with Gasteiger partial charge in [-0.15, -0.1) is 0 Å². The molecule has 3 saturated heterocycles. The molecule has 20 heteroatoms. The van der Waals surface area contributed by atoms with Gasteiger partial charge in [-0.2, -0.15) is 0 Å².